The fourth-order valence-corrected chi connectivity index (χ4v) is 4.52. The fourth-order valence-electron chi connectivity index (χ4n) is 4.52. The van der Waals surface area contributed by atoms with Crippen molar-refractivity contribution in [1.82, 2.24) is 4.90 Å². The summed E-state index contributed by atoms with van der Waals surface area (Å²) in [6, 6.07) is 16.2. The highest BCUT2D eigenvalue weighted by Crippen LogP contribution is 2.33. The number of amides is 1. The van der Waals surface area contributed by atoms with Crippen LogP contribution in [0.25, 0.3) is 0 Å². The van der Waals surface area contributed by atoms with Crippen LogP contribution in [0.3, 0.4) is 0 Å². The summed E-state index contributed by atoms with van der Waals surface area (Å²) in [6.45, 7) is 5.01. The Morgan fingerprint density at radius 2 is 1.86 bits per heavy atom. The van der Waals surface area contributed by atoms with Gasteiger partial charge in [0.1, 0.15) is 0 Å². The predicted molar refractivity (Wildman–Crippen MR) is 120 cm³/mol. The van der Waals surface area contributed by atoms with Gasteiger partial charge in [-0.1, -0.05) is 30.3 Å². The lowest BCUT2D eigenvalue weighted by molar-refractivity contribution is -0.120. The number of likely N-dealkylation sites (tertiary alicyclic amines) is 1. The zero-order chi connectivity index (χ0) is 20.2. The average molecular weight is 391 g/mol. The maximum Gasteiger partial charge on any atom is 0.227 e. The van der Waals surface area contributed by atoms with Crippen molar-refractivity contribution < 1.29 is 4.79 Å². The second kappa shape index (κ2) is 8.78. The predicted octanol–water partition coefficient (Wildman–Crippen LogP) is 4.05. The minimum atomic E-state index is 0.265. The number of aliphatic imine (C=N–C) groups is 1. The Kier molecular flexibility index (Phi) is 5.95. The van der Waals surface area contributed by atoms with Gasteiger partial charge in [-0.05, 0) is 69.0 Å². The van der Waals surface area contributed by atoms with Crippen molar-refractivity contribution in [3.05, 3.63) is 54.1 Å². The number of carbonyl (C=O) groups excluding carboxylic acids is 1. The molecule has 1 atom stereocenters. The molecule has 152 valence electrons. The van der Waals surface area contributed by atoms with E-state index in [1.165, 1.54) is 5.56 Å². The summed E-state index contributed by atoms with van der Waals surface area (Å²) in [4.78, 5) is 21.9. The lowest BCUT2D eigenvalue weighted by atomic mass is 9.93. The summed E-state index contributed by atoms with van der Waals surface area (Å²) in [5.41, 5.74) is 9.87. The SMILES string of the molecule is CC1Cc2ccccc2N1C(=O)CC1CCN(C/C=N/c2ccccc2N)CC1. The van der Waals surface area contributed by atoms with Gasteiger partial charge < -0.3 is 10.6 Å². The molecule has 0 radical (unpaired) electrons. The second-order valence-electron chi connectivity index (χ2n) is 8.26. The number of hydrogen-bond donors (Lipinski definition) is 1. The van der Waals surface area contributed by atoms with Crippen molar-refractivity contribution in [2.45, 2.75) is 38.6 Å². The van der Waals surface area contributed by atoms with Gasteiger partial charge in [0.25, 0.3) is 0 Å². The molecule has 0 spiro atoms. The summed E-state index contributed by atoms with van der Waals surface area (Å²) >= 11 is 0. The van der Waals surface area contributed by atoms with E-state index in [0.29, 0.717) is 18.0 Å². The highest BCUT2D eigenvalue weighted by Gasteiger charge is 2.32. The van der Waals surface area contributed by atoms with E-state index in [1.54, 1.807) is 0 Å². The van der Waals surface area contributed by atoms with E-state index in [4.69, 9.17) is 5.73 Å². The average Bonchev–Trinajstić information content (AvgIpc) is 3.06. The van der Waals surface area contributed by atoms with Crippen molar-refractivity contribution in [3.8, 4) is 0 Å². The normalized spacial score (nSPS) is 20.3. The van der Waals surface area contributed by atoms with E-state index >= 15 is 0 Å². The molecule has 4 rings (SSSR count). The molecule has 0 aromatic heterocycles. The van der Waals surface area contributed by atoms with Crippen LogP contribution in [-0.2, 0) is 11.2 Å². The summed E-state index contributed by atoms with van der Waals surface area (Å²) in [5.74, 6) is 0.752. The molecule has 0 aliphatic carbocycles. The topological polar surface area (TPSA) is 61.9 Å². The number of carbonyl (C=O) groups is 1. The Hall–Kier alpha value is -2.66. The van der Waals surface area contributed by atoms with Gasteiger partial charge in [0, 0.05) is 30.9 Å². The molecular formula is C24H30N4O. The van der Waals surface area contributed by atoms with E-state index in [0.717, 1.165) is 50.3 Å². The zero-order valence-corrected chi connectivity index (χ0v) is 17.1. The second-order valence-corrected chi connectivity index (χ2v) is 8.26. The van der Waals surface area contributed by atoms with Crippen LogP contribution in [0.2, 0.25) is 0 Å². The van der Waals surface area contributed by atoms with E-state index in [9.17, 15) is 4.79 Å². The van der Waals surface area contributed by atoms with Crippen molar-refractivity contribution in [1.29, 1.82) is 0 Å². The number of hydrogen-bond acceptors (Lipinski definition) is 4. The molecular weight excluding hydrogens is 360 g/mol. The Labute approximate surface area is 173 Å². The van der Waals surface area contributed by atoms with Crippen LogP contribution in [0, 0.1) is 5.92 Å². The first-order valence-corrected chi connectivity index (χ1v) is 10.6. The number of anilines is 2. The Morgan fingerprint density at radius 1 is 1.14 bits per heavy atom. The third-order valence-corrected chi connectivity index (χ3v) is 6.15. The first-order chi connectivity index (χ1) is 14.1. The quantitative estimate of drug-likeness (QED) is 0.619. The molecule has 1 saturated heterocycles. The van der Waals surface area contributed by atoms with Gasteiger partial charge in [-0.2, -0.15) is 0 Å². The highest BCUT2D eigenvalue weighted by molar-refractivity contribution is 5.96. The highest BCUT2D eigenvalue weighted by atomic mass is 16.2. The third-order valence-electron chi connectivity index (χ3n) is 6.15. The third kappa shape index (κ3) is 4.51. The van der Waals surface area contributed by atoms with Crippen LogP contribution in [0.5, 0.6) is 0 Å². The molecule has 2 aliphatic heterocycles. The number of nitrogens with zero attached hydrogens (tertiary/aromatic N) is 3. The van der Waals surface area contributed by atoms with Crippen LogP contribution < -0.4 is 10.6 Å². The summed E-state index contributed by atoms with van der Waals surface area (Å²) < 4.78 is 0. The van der Waals surface area contributed by atoms with Gasteiger partial charge in [0.2, 0.25) is 5.91 Å². The lowest BCUT2D eigenvalue weighted by Crippen LogP contribution is -2.40. The number of nitrogens with two attached hydrogens (primary N) is 1. The monoisotopic (exact) mass is 390 g/mol. The largest absolute Gasteiger partial charge is 0.397 e. The zero-order valence-electron chi connectivity index (χ0n) is 17.1. The standard InChI is InChI=1S/C24H30N4O/c1-18-16-20-6-2-5-9-23(20)28(18)24(29)17-19-10-13-27(14-11-19)15-12-26-22-8-4-3-7-21(22)25/h2-9,12,18-19H,10-11,13-17,25H2,1H3/b26-12+. The van der Waals surface area contributed by atoms with Gasteiger partial charge >= 0.3 is 0 Å². The van der Waals surface area contributed by atoms with Crippen LogP contribution >= 0.6 is 0 Å². The molecule has 29 heavy (non-hydrogen) atoms. The Morgan fingerprint density at radius 3 is 2.66 bits per heavy atom. The molecule has 1 unspecified atom stereocenters. The molecule has 0 bridgehead atoms. The molecule has 1 fully saturated rings. The van der Waals surface area contributed by atoms with Crippen LogP contribution in [0.4, 0.5) is 17.1 Å². The number of fused-ring (bicyclic) bond motifs is 1. The summed E-state index contributed by atoms with van der Waals surface area (Å²) in [6.07, 6.45) is 5.70. The van der Waals surface area contributed by atoms with Crippen molar-refractivity contribution in [3.63, 3.8) is 0 Å². The van der Waals surface area contributed by atoms with Crippen LogP contribution in [0.1, 0.15) is 31.7 Å². The number of benzene rings is 2. The molecule has 0 saturated carbocycles. The maximum atomic E-state index is 13.0. The maximum absolute atomic E-state index is 13.0. The number of piperidine rings is 1. The van der Waals surface area contributed by atoms with E-state index in [1.807, 2.05) is 41.4 Å². The van der Waals surface area contributed by atoms with Crippen molar-refractivity contribution >= 4 is 29.2 Å². The van der Waals surface area contributed by atoms with Crippen molar-refractivity contribution in [2.75, 3.05) is 30.3 Å². The molecule has 2 aromatic rings. The van der Waals surface area contributed by atoms with Gasteiger partial charge in [-0.25, -0.2) is 0 Å². The van der Waals surface area contributed by atoms with Crippen LogP contribution in [0.15, 0.2) is 53.5 Å². The minimum Gasteiger partial charge on any atom is -0.397 e. The molecule has 2 aliphatic rings. The van der Waals surface area contributed by atoms with Gasteiger partial charge in [-0.15, -0.1) is 0 Å². The van der Waals surface area contributed by atoms with Gasteiger partial charge in [-0.3, -0.25) is 14.7 Å². The molecule has 2 aromatic carbocycles. The number of nitrogen functional groups attached to an aromatic ring is 1. The first-order valence-electron chi connectivity index (χ1n) is 10.6. The summed E-state index contributed by atoms with van der Waals surface area (Å²) in [5, 5.41) is 0. The smallest absolute Gasteiger partial charge is 0.227 e. The molecule has 5 heteroatoms. The summed E-state index contributed by atoms with van der Waals surface area (Å²) in [7, 11) is 0. The fraction of sp³-hybridized carbons (Fsp3) is 0.417. The van der Waals surface area contributed by atoms with E-state index in [2.05, 4.69) is 35.0 Å². The van der Waals surface area contributed by atoms with Gasteiger partial charge in [0.05, 0.1) is 11.4 Å². The van der Waals surface area contributed by atoms with Gasteiger partial charge in [0.15, 0.2) is 0 Å². The van der Waals surface area contributed by atoms with Crippen LogP contribution in [-0.4, -0.2) is 42.7 Å². The molecule has 2 N–H and O–H groups in total. The van der Waals surface area contributed by atoms with Crippen molar-refractivity contribution in [2.24, 2.45) is 10.9 Å². The Balaban J connectivity index is 1.26. The van der Waals surface area contributed by atoms with E-state index in [-0.39, 0.29) is 11.9 Å². The molecule has 2 heterocycles. The lowest BCUT2D eigenvalue weighted by Gasteiger charge is -2.32. The Bertz CT molecular complexity index is 886. The first kappa shape index (κ1) is 19.6. The molecule has 1 amide bonds. The number of rotatable bonds is 5. The number of para-hydroxylation sites is 3. The minimum absolute atomic E-state index is 0.265. The van der Waals surface area contributed by atoms with E-state index < -0.39 is 0 Å². The molecule has 5 nitrogen and oxygen atoms in total.